The number of imidazole rings is 1. The summed E-state index contributed by atoms with van der Waals surface area (Å²) in [6, 6.07) is 0. The first-order valence-electron chi connectivity index (χ1n) is 8.14. The number of nitrogens with one attached hydrogen (secondary N) is 1. The minimum Gasteiger partial charge on any atom is -0.790 e. The van der Waals surface area contributed by atoms with Crippen molar-refractivity contribution >= 4 is 32.8 Å². The predicted octanol–water partition coefficient (Wildman–Crippen LogP) is -4.27. The van der Waals surface area contributed by atoms with Gasteiger partial charge in [-0.1, -0.05) is 4.98 Å². The van der Waals surface area contributed by atoms with Gasteiger partial charge in [-0.25, -0.2) is 4.57 Å². The number of ether oxygens (including phenoxy) is 2. The molecule has 1 fully saturated rings. The molecule has 1 aliphatic rings. The molecule has 2 aromatic rings. The van der Waals surface area contributed by atoms with E-state index in [1.54, 1.807) is 0 Å². The topological polar surface area (TPSA) is 241 Å². The van der Waals surface area contributed by atoms with Crippen LogP contribution in [0.2, 0.25) is 0 Å². The lowest BCUT2D eigenvalue weighted by Crippen LogP contribution is -2.46. The number of nitrogens with zero attached hydrogens (tertiary/aromatic N) is 3. The molecule has 30 heavy (non-hydrogen) atoms. The number of H-pyrrole nitrogens is 1. The number of aromatic amines is 1. The summed E-state index contributed by atoms with van der Waals surface area (Å²) in [5, 5.41) is 10.6. The maximum atomic E-state index is 12.1. The Hall–Kier alpha value is -1.71. The zero-order valence-corrected chi connectivity index (χ0v) is 17.2. The van der Waals surface area contributed by atoms with Crippen molar-refractivity contribution in [3.05, 3.63) is 16.7 Å². The van der Waals surface area contributed by atoms with Crippen molar-refractivity contribution in [3.8, 4) is 0 Å². The first kappa shape index (κ1) is 23.0. The van der Waals surface area contributed by atoms with Gasteiger partial charge in [-0.3, -0.25) is 23.2 Å². The molecule has 18 heteroatoms. The van der Waals surface area contributed by atoms with Crippen LogP contribution in [-0.2, 0) is 34.5 Å². The molecule has 1 saturated heterocycles. The molecule has 1 aliphatic heterocycles. The van der Waals surface area contributed by atoms with Crippen molar-refractivity contribution in [1.29, 1.82) is 0 Å². The monoisotopic (exact) mass is 469 g/mol. The number of aliphatic hydroxyl groups is 1. The normalized spacial score (nSPS) is 26.9. The van der Waals surface area contributed by atoms with Gasteiger partial charge < -0.3 is 44.1 Å². The molecule has 0 aromatic carbocycles. The van der Waals surface area contributed by atoms with Crippen molar-refractivity contribution in [2.24, 2.45) is 7.05 Å². The third-order valence-electron chi connectivity index (χ3n) is 4.24. The lowest BCUT2D eigenvalue weighted by molar-refractivity contribution is -0.745. The summed E-state index contributed by atoms with van der Waals surface area (Å²) in [6.07, 6.45) is -3.58. The number of anilines is 1. The second-order valence-corrected chi connectivity index (χ2v) is 8.99. The number of aliphatic hydroxyl groups excluding tert-OH is 1. The molecule has 0 saturated carbocycles. The van der Waals surface area contributed by atoms with Gasteiger partial charge in [0.05, 0.1) is 21.5 Å². The standard InChI is InChI=1S/C12H19N5O11P2/c1-16-4-17(9-6(16)10(19)15-12(13)14-9)11-7(18)8(25-2)5(27-11)3-26-30(23,24)28-29(20,21)22/h4-5,7-8,11,18H,3H2,1-2H3,(H5-,13,14,15,19,20,21,22,23,24)/p-2/t5-,7?,8+,11-/m1/s1. The molecule has 16 nitrogen and oxygen atoms in total. The Morgan fingerprint density at radius 1 is 1.43 bits per heavy atom. The summed E-state index contributed by atoms with van der Waals surface area (Å²) in [7, 11) is -8.62. The van der Waals surface area contributed by atoms with Crippen molar-refractivity contribution < 1.29 is 51.8 Å². The van der Waals surface area contributed by atoms with Crippen LogP contribution in [0.3, 0.4) is 0 Å². The van der Waals surface area contributed by atoms with Crippen LogP contribution in [0.1, 0.15) is 6.23 Å². The van der Waals surface area contributed by atoms with Crippen LogP contribution in [0.4, 0.5) is 5.95 Å². The zero-order valence-electron chi connectivity index (χ0n) is 15.4. The molecule has 168 valence electrons. The Kier molecular flexibility index (Phi) is 6.19. The van der Waals surface area contributed by atoms with E-state index in [4.69, 9.17) is 15.2 Å². The molecule has 4 N–H and O–H groups in total. The molecule has 2 aromatic heterocycles. The molecule has 0 aliphatic carbocycles. The van der Waals surface area contributed by atoms with Crippen molar-refractivity contribution in [2.75, 3.05) is 19.5 Å². The number of nitrogens with two attached hydrogens (primary N) is 1. The van der Waals surface area contributed by atoms with Crippen molar-refractivity contribution in [1.82, 2.24) is 14.5 Å². The molecule has 0 radical (unpaired) electrons. The highest BCUT2D eigenvalue weighted by atomic mass is 31.3. The van der Waals surface area contributed by atoms with Crippen LogP contribution in [-0.4, -0.2) is 51.7 Å². The highest BCUT2D eigenvalue weighted by Gasteiger charge is 2.48. The quantitative estimate of drug-likeness (QED) is 0.257. The maximum Gasteiger partial charge on any atom is 0.313 e. The summed E-state index contributed by atoms with van der Waals surface area (Å²) >= 11 is 0. The Bertz CT molecular complexity index is 1100. The van der Waals surface area contributed by atoms with Gasteiger partial charge in [-0.05, 0) is 0 Å². The number of phosphoric ester groups is 1. The van der Waals surface area contributed by atoms with Crippen molar-refractivity contribution in [3.63, 3.8) is 0 Å². The highest BCUT2D eigenvalue weighted by Crippen LogP contribution is 2.50. The fraction of sp³-hybridized carbons (Fsp3) is 0.583. The smallest absolute Gasteiger partial charge is 0.313 e. The third kappa shape index (κ3) is 4.63. The van der Waals surface area contributed by atoms with E-state index in [0.29, 0.717) is 0 Å². The first-order valence-corrected chi connectivity index (χ1v) is 11.1. The van der Waals surface area contributed by atoms with E-state index in [2.05, 4.69) is 18.8 Å². The lowest BCUT2D eigenvalue weighted by atomic mass is 10.1. The molecular weight excluding hydrogens is 452 g/mol. The van der Waals surface area contributed by atoms with Gasteiger partial charge in [0.1, 0.15) is 18.3 Å². The minimum atomic E-state index is -5.86. The number of nitrogen functional groups attached to an aromatic ring is 1. The molecule has 3 heterocycles. The number of phosphoric acid groups is 2. The van der Waals surface area contributed by atoms with Gasteiger partial charge in [-0.2, -0.15) is 0 Å². The van der Waals surface area contributed by atoms with Gasteiger partial charge in [0.15, 0.2) is 6.33 Å². The second kappa shape index (κ2) is 8.09. The fourth-order valence-corrected chi connectivity index (χ4v) is 4.64. The van der Waals surface area contributed by atoms with E-state index >= 15 is 0 Å². The molecule has 0 spiro atoms. The average Bonchev–Trinajstić information content (AvgIpc) is 3.07. The summed E-state index contributed by atoms with van der Waals surface area (Å²) < 4.78 is 43.1. The molecule has 3 rings (SSSR count). The van der Waals surface area contributed by atoms with Crippen LogP contribution >= 0.6 is 15.6 Å². The first-order chi connectivity index (χ1) is 13.8. The SMILES string of the molecule is CO[C@@H]1C(O)[C@H]([n+]2cn(C)c3c(=O)[nH]c(N)nc32)O[C@@H]1COP(=O)([O-])OP(=O)([O-])[O-]. The molecule has 2 unspecified atom stereocenters. The number of hydrogen-bond donors (Lipinski definition) is 3. The number of aryl methyl sites for hydroxylation is 1. The van der Waals surface area contributed by atoms with Crippen molar-refractivity contribution in [2.45, 2.75) is 24.5 Å². The number of fused-ring (bicyclic) bond motifs is 1. The summed E-state index contributed by atoms with van der Waals surface area (Å²) in [5.41, 5.74) is 5.21. The van der Waals surface area contributed by atoms with Crippen LogP contribution in [0, 0.1) is 0 Å². The summed E-state index contributed by atoms with van der Waals surface area (Å²) in [5.74, 6) is -0.188. The van der Waals surface area contributed by atoms with E-state index in [-0.39, 0.29) is 17.1 Å². The second-order valence-electron chi connectivity index (χ2n) is 6.28. The van der Waals surface area contributed by atoms with E-state index in [9.17, 15) is 33.7 Å². The Labute approximate surface area is 167 Å². The Morgan fingerprint density at radius 2 is 2.10 bits per heavy atom. The minimum absolute atomic E-state index is 0.0655. The van der Waals surface area contributed by atoms with E-state index < -0.39 is 52.4 Å². The largest absolute Gasteiger partial charge is 0.790 e. The molecule has 0 amide bonds. The van der Waals surface area contributed by atoms with Crippen LogP contribution in [0.5, 0.6) is 0 Å². The molecule has 0 bridgehead atoms. The van der Waals surface area contributed by atoms with Gasteiger partial charge in [-0.15, -0.1) is 0 Å². The number of hydrogen-bond acceptors (Lipinski definition) is 13. The van der Waals surface area contributed by atoms with Gasteiger partial charge >= 0.3 is 5.65 Å². The van der Waals surface area contributed by atoms with E-state index in [1.807, 2.05) is 0 Å². The number of methoxy groups -OCH3 is 1. The average molecular weight is 469 g/mol. The fourth-order valence-electron chi connectivity index (χ4n) is 3.14. The molecule has 5 atom stereocenters. The summed E-state index contributed by atoms with van der Waals surface area (Å²) in [6.45, 7) is -0.839. The van der Waals surface area contributed by atoms with Crippen LogP contribution in [0.15, 0.2) is 11.1 Å². The lowest BCUT2D eigenvalue weighted by Gasteiger charge is -2.35. The predicted molar refractivity (Wildman–Crippen MR) is 88.9 cm³/mol. The Morgan fingerprint density at radius 3 is 2.70 bits per heavy atom. The number of aromatic nitrogens is 4. The summed E-state index contributed by atoms with van der Waals surface area (Å²) in [4.78, 5) is 50.9. The third-order valence-corrected chi connectivity index (χ3v) is 6.31. The van der Waals surface area contributed by atoms with E-state index in [0.717, 1.165) is 0 Å². The Balaban J connectivity index is 1.87. The highest BCUT2D eigenvalue weighted by molar-refractivity contribution is 7.58. The molecular formula is C12H17N5O11P2-2. The van der Waals surface area contributed by atoms with Gasteiger partial charge in [0, 0.05) is 7.11 Å². The van der Waals surface area contributed by atoms with Crippen LogP contribution in [0.25, 0.3) is 11.2 Å². The van der Waals surface area contributed by atoms with Gasteiger partial charge in [0.2, 0.25) is 11.7 Å². The van der Waals surface area contributed by atoms with E-state index in [1.165, 1.54) is 29.6 Å². The maximum absolute atomic E-state index is 12.1. The number of rotatable bonds is 7. The van der Waals surface area contributed by atoms with Crippen LogP contribution < -0.4 is 30.5 Å². The van der Waals surface area contributed by atoms with Gasteiger partial charge in [0.25, 0.3) is 19.3 Å². The zero-order chi connectivity index (χ0) is 22.4.